The topological polar surface area (TPSA) is 59.9 Å². The third-order valence-electron chi connectivity index (χ3n) is 3.19. The minimum absolute atomic E-state index is 0.154. The van der Waals surface area contributed by atoms with Gasteiger partial charge >= 0.3 is 0 Å². The highest BCUT2D eigenvalue weighted by molar-refractivity contribution is 7.99. The normalized spacial score (nSPS) is 12.5. The molecule has 1 aliphatic heterocycles. The van der Waals surface area contributed by atoms with Crippen molar-refractivity contribution in [1.29, 1.82) is 0 Å². The number of nitrogens with zero attached hydrogens (tertiary/aromatic N) is 1. The number of benzene rings is 2. The molecule has 1 N–H and O–H groups in total. The van der Waals surface area contributed by atoms with E-state index >= 15 is 0 Å². The van der Waals surface area contributed by atoms with Gasteiger partial charge in [-0.15, -0.1) is 11.8 Å². The van der Waals surface area contributed by atoms with Gasteiger partial charge in [0.05, 0.1) is 12.0 Å². The average Bonchev–Trinajstić information content (AvgIpc) is 3.03. The molecule has 2 aromatic rings. The SMILES string of the molecule is O=C(CSCc1cccc(Cl)c1)N/N=C\c1ccc2c(c1)OCO2. The standard InChI is InChI=1S/C17H15ClN2O3S/c18-14-3-1-2-13(6-14)9-24-10-17(21)20-19-8-12-4-5-15-16(7-12)23-11-22-15/h1-8H,9-11H2,(H,20,21)/b19-8-. The summed E-state index contributed by atoms with van der Waals surface area (Å²) in [4.78, 5) is 11.8. The molecule has 1 heterocycles. The van der Waals surface area contributed by atoms with Gasteiger partial charge in [-0.1, -0.05) is 23.7 Å². The molecule has 0 atom stereocenters. The number of thioether (sulfide) groups is 1. The summed E-state index contributed by atoms with van der Waals surface area (Å²) in [6.07, 6.45) is 1.57. The Kier molecular flexibility index (Phi) is 5.61. The summed E-state index contributed by atoms with van der Waals surface area (Å²) < 4.78 is 10.5. The van der Waals surface area contributed by atoms with Gasteiger partial charge in [-0.3, -0.25) is 4.79 Å². The average molecular weight is 363 g/mol. The Morgan fingerprint density at radius 1 is 1.25 bits per heavy atom. The molecule has 0 radical (unpaired) electrons. The molecule has 0 unspecified atom stereocenters. The zero-order chi connectivity index (χ0) is 16.8. The van der Waals surface area contributed by atoms with E-state index in [0.29, 0.717) is 22.3 Å². The van der Waals surface area contributed by atoms with E-state index in [2.05, 4.69) is 10.5 Å². The van der Waals surface area contributed by atoms with Crippen molar-refractivity contribution in [3.05, 3.63) is 58.6 Å². The van der Waals surface area contributed by atoms with Gasteiger partial charge in [-0.2, -0.15) is 5.10 Å². The second kappa shape index (κ2) is 8.08. The molecule has 0 aliphatic carbocycles. The molecule has 0 spiro atoms. The van der Waals surface area contributed by atoms with Crippen LogP contribution in [0.1, 0.15) is 11.1 Å². The minimum Gasteiger partial charge on any atom is -0.454 e. The number of hydrogen-bond acceptors (Lipinski definition) is 5. The van der Waals surface area contributed by atoms with Gasteiger partial charge in [0.25, 0.3) is 0 Å². The molecule has 0 aromatic heterocycles. The minimum atomic E-state index is -0.154. The number of rotatable bonds is 6. The van der Waals surface area contributed by atoms with Gasteiger partial charge in [0.15, 0.2) is 11.5 Å². The Labute approximate surface area is 149 Å². The van der Waals surface area contributed by atoms with Crippen molar-refractivity contribution >= 4 is 35.5 Å². The predicted molar refractivity (Wildman–Crippen MR) is 95.9 cm³/mol. The van der Waals surface area contributed by atoms with Gasteiger partial charge in [-0.25, -0.2) is 5.43 Å². The van der Waals surface area contributed by atoms with Crippen LogP contribution in [0.25, 0.3) is 0 Å². The lowest BCUT2D eigenvalue weighted by atomic mass is 10.2. The van der Waals surface area contributed by atoms with E-state index < -0.39 is 0 Å². The first-order valence-electron chi connectivity index (χ1n) is 7.24. The summed E-state index contributed by atoms with van der Waals surface area (Å²) in [6.45, 7) is 0.233. The van der Waals surface area contributed by atoms with Gasteiger partial charge in [0.2, 0.25) is 12.7 Å². The van der Waals surface area contributed by atoms with E-state index in [-0.39, 0.29) is 12.7 Å². The van der Waals surface area contributed by atoms with Crippen molar-refractivity contribution in [3.8, 4) is 11.5 Å². The van der Waals surface area contributed by atoms with Gasteiger partial charge in [0, 0.05) is 10.8 Å². The molecule has 0 fully saturated rings. The fourth-order valence-corrected chi connectivity index (χ4v) is 3.07. The fourth-order valence-electron chi connectivity index (χ4n) is 2.09. The molecular weight excluding hydrogens is 348 g/mol. The molecular formula is C17H15ClN2O3S. The summed E-state index contributed by atoms with van der Waals surface area (Å²) >= 11 is 7.43. The van der Waals surface area contributed by atoms with E-state index in [9.17, 15) is 4.79 Å². The molecule has 0 saturated carbocycles. The summed E-state index contributed by atoms with van der Waals surface area (Å²) in [5.74, 6) is 2.29. The molecule has 124 valence electrons. The second-order valence-corrected chi connectivity index (χ2v) is 6.45. The maximum Gasteiger partial charge on any atom is 0.250 e. The molecule has 2 aromatic carbocycles. The highest BCUT2D eigenvalue weighted by Crippen LogP contribution is 2.31. The Morgan fingerprint density at radius 2 is 2.12 bits per heavy atom. The van der Waals surface area contributed by atoms with Crippen LogP contribution in [0.2, 0.25) is 5.02 Å². The first kappa shape index (κ1) is 16.7. The lowest BCUT2D eigenvalue weighted by molar-refractivity contribution is -0.118. The predicted octanol–water partition coefficient (Wildman–Crippen LogP) is 3.45. The van der Waals surface area contributed by atoms with Crippen LogP contribution in [0.15, 0.2) is 47.6 Å². The van der Waals surface area contributed by atoms with Crippen molar-refractivity contribution in [1.82, 2.24) is 5.43 Å². The van der Waals surface area contributed by atoms with Gasteiger partial charge < -0.3 is 9.47 Å². The number of carbonyl (C=O) groups is 1. The van der Waals surface area contributed by atoms with Crippen LogP contribution in [-0.4, -0.2) is 24.7 Å². The van der Waals surface area contributed by atoms with E-state index in [1.165, 1.54) is 11.8 Å². The van der Waals surface area contributed by atoms with Crippen LogP contribution < -0.4 is 14.9 Å². The number of ether oxygens (including phenoxy) is 2. The molecule has 0 saturated heterocycles. The smallest absolute Gasteiger partial charge is 0.250 e. The number of fused-ring (bicyclic) bond motifs is 1. The third-order valence-corrected chi connectivity index (χ3v) is 4.43. The molecule has 24 heavy (non-hydrogen) atoms. The Morgan fingerprint density at radius 3 is 3.00 bits per heavy atom. The van der Waals surface area contributed by atoms with Gasteiger partial charge in [-0.05, 0) is 41.5 Å². The highest BCUT2D eigenvalue weighted by Gasteiger charge is 2.12. The molecule has 0 bridgehead atoms. The van der Waals surface area contributed by atoms with Gasteiger partial charge in [0.1, 0.15) is 0 Å². The van der Waals surface area contributed by atoms with Crippen LogP contribution in [-0.2, 0) is 10.5 Å². The summed E-state index contributed by atoms with van der Waals surface area (Å²) in [5.41, 5.74) is 4.42. The number of hydrogen-bond donors (Lipinski definition) is 1. The van der Waals surface area contributed by atoms with E-state index in [1.807, 2.05) is 42.5 Å². The maximum absolute atomic E-state index is 11.8. The number of halogens is 1. The summed E-state index contributed by atoms with van der Waals surface area (Å²) in [6, 6.07) is 13.1. The number of hydrazone groups is 1. The molecule has 5 nitrogen and oxygen atoms in total. The Balaban J connectivity index is 1.42. The van der Waals surface area contributed by atoms with Crippen molar-refractivity contribution in [2.45, 2.75) is 5.75 Å². The maximum atomic E-state index is 11.8. The van der Waals surface area contributed by atoms with Crippen molar-refractivity contribution < 1.29 is 14.3 Å². The van der Waals surface area contributed by atoms with E-state index in [1.54, 1.807) is 6.21 Å². The summed E-state index contributed by atoms with van der Waals surface area (Å²) in [5, 5.41) is 4.65. The van der Waals surface area contributed by atoms with Crippen LogP contribution in [0.4, 0.5) is 0 Å². The molecule has 7 heteroatoms. The molecule has 3 rings (SSSR count). The fraction of sp³-hybridized carbons (Fsp3) is 0.176. The first-order valence-corrected chi connectivity index (χ1v) is 8.78. The summed E-state index contributed by atoms with van der Waals surface area (Å²) in [7, 11) is 0. The number of amides is 1. The zero-order valence-electron chi connectivity index (χ0n) is 12.7. The van der Waals surface area contributed by atoms with Crippen molar-refractivity contribution in [3.63, 3.8) is 0 Å². The lowest BCUT2D eigenvalue weighted by Gasteiger charge is -2.02. The van der Waals surface area contributed by atoms with Crippen LogP contribution in [0, 0.1) is 0 Å². The van der Waals surface area contributed by atoms with E-state index in [4.69, 9.17) is 21.1 Å². The second-order valence-electron chi connectivity index (χ2n) is 5.03. The van der Waals surface area contributed by atoms with E-state index in [0.717, 1.165) is 16.9 Å². The highest BCUT2D eigenvalue weighted by atomic mass is 35.5. The third kappa shape index (κ3) is 4.66. The quantitative estimate of drug-likeness (QED) is 0.631. The zero-order valence-corrected chi connectivity index (χ0v) is 14.3. The largest absolute Gasteiger partial charge is 0.454 e. The number of carbonyl (C=O) groups excluding carboxylic acids is 1. The van der Waals surface area contributed by atoms with Crippen molar-refractivity contribution in [2.24, 2.45) is 5.10 Å². The first-order chi connectivity index (χ1) is 11.7. The van der Waals surface area contributed by atoms with Crippen molar-refractivity contribution in [2.75, 3.05) is 12.5 Å². The molecule has 1 amide bonds. The van der Waals surface area contributed by atoms with Crippen LogP contribution >= 0.6 is 23.4 Å². The Bertz CT molecular complexity index is 767. The van der Waals surface area contributed by atoms with Crippen LogP contribution in [0.5, 0.6) is 11.5 Å². The Hall–Kier alpha value is -2.18. The molecule has 1 aliphatic rings. The van der Waals surface area contributed by atoms with Crippen LogP contribution in [0.3, 0.4) is 0 Å². The lowest BCUT2D eigenvalue weighted by Crippen LogP contribution is -2.19. The number of nitrogens with one attached hydrogen (secondary N) is 1. The monoisotopic (exact) mass is 362 g/mol.